The van der Waals surface area contributed by atoms with Crippen molar-refractivity contribution in [1.82, 2.24) is 0 Å². The SMILES string of the molecule is COCC1(C)Cc2cccc(OC)c2N1. The molecule has 15 heavy (non-hydrogen) atoms. The third kappa shape index (κ3) is 1.79. The second-order valence-electron chi connectivity index (χ2n) is 4.29. The molecular weight excluding hydrogens is 190 g/mol. The van der Waals surface area contributed by atoms with Crippen LogP contribution in [0, 0.1) is 0 Å². The van der Waals surface area contributed by atoms with Gasteiger partial charge >= 0.3 is 0 Å². The van der Waals surface area contributed by atoms with Gasteiger partial charge in [-0.3, -0.25) is 0 Å². The van der Waals surface area contributed by atoms with Crippen LogP contribution in [-0.2, 0) is 11.2 Å². The van der Waals surface area contributed by atoms with Crippen LogP contribution < -0.4 is 10.1 Å². The van der Waals surface area contributed by atoms with Crippen molar-refractivity contribution < 1.29 is 9.47 Å². The number of hydrogen-bond acceptors (Lipinski definition) is 3. The van der Waals surface area contributed by atoms with Gasteiger partial charge in [0.05, 0.1) is 24.9 Å². The zero-order valence-electron chi connectivity index (χ0n) is 9.46. The van der Waals surface area contributed by atoms with Crippen molar-refractivity contribution in [2.24, 2.45) is 0 Å². The van der Waals surface area contributed by atoms with Crippen LogP contribution in [0.15, 0.2) is 18.2 Å². The van der Waals surface area contributed by atoms with E-state index in [1.165, 1.54) is 5.56 Å². The summed E-state index contributed by atoms with van der Waals surface area (Å²) in [7, 11) is 3.43. The van der Waals surface area contributed by atoms with Crippen molar-refractivity contribution in [2.75, 3.05) is 26.1 Å². The zero-order chi connectivity index (χ0) is 10.9. The Morgan fingerprint density at radius 1 is 1.40 bits per heavy atom. The van der Waals surface area contributed by atoms with E-state index in [9.17, 15) is 0 Å². The van der Waals surface area contributed by atoms with E-state index in [-0.39, 0.29) is 5.54 Å². The summed E-state index contributed by atoms with van der Waals surface area (Å²) >= 11 is 0. The number of rotatable bonds is 3. The second kappa shape index (κ2) is 3.74. The fraction of sp³-hybridized carbons (Fsp3) is 0.500. The Kier molecular flexibility index (Phi) is 2.57. The van der Waals surface area contributed by atoms with Crippen molar-refractivity contribution in [3.63, 3.8) is 0 Å². The Hall–Kier alpha value is -1.22. The Bertz CT molecular complexity index is 365. The monoisotopic (exact) mass is 207 g/mol. The average Bonchev–Trinajstić information content (AvgIpc) is 2.53. The minimum Gasteiger partial charge on any atom is -0.495 e. The maximum Gasteiger partial charge on any atom is 0.142 e. The first-order valence-electron chi connectivity index (χ1n) is 5.11. The van der Waals surface area contributed by atoms with Crippen LogP contribution in [0.5, 0.6) is 5.75 Å². The summed E-state index contributed by atoms with van der Waals surface area (Å²) in [5, 5.41) is 3.48. The van der Waals surface area contributed by atoms with Gasteiger partial charge in [-0.25, -0.2) is 0 Å². The summed E-state index contributed by atoms with van der Waals surface area (Å²) in [5.74, 6) is 0.910. The maximum absolute atomic E-state index is 5.33. The Balaban J connectivity index is 2.30. The molecule has 1 aliphatic rings. The Labute approximate surface area is 90.4 Å². The predicted octanol–water partition coefficient (Wildman–Crippen LogP) is 2.07. The van der Waals surface area contributed by atoms with E-state index in [0.717, 1.165) is 17.9 Å². The summed E-state index contributed by atoms with van der Waals surface area (Å²) in [6.07, 6.45) is 0.980. The molecule has 0 bridgehead atoms. The van der Waals surface area contributed by atoms with Crippen LogP contribution in [0.1, 0.15) is 12.5 Å². The molecule has 1 aliphatic heterocycles. The number of methoxy groups -OCH3 is 2. The second-order valence-corrected chi connectivity index (χ2v) is 4.29. The molecule has 0 aliphatic carbocycles. The van der Waals surface area contributed by atoms with E-state index in [0.29, 0.717) is 6.61 Å². The molecule has 0 aromatic heterocycles. The van der Waals surface area contributed by atoms with E-state index in [4.69, 9.17) is 9.47 Å². The highest BCUT2D eigenvalue weighted by Gasteiger charge is 2.33. The Morgan fingerprint density at radius 2 is 2.20 bits per heavy atom. The highest BCUT2D eigenvalue weighted by atomic mass is 16.5. The molecule has 3 heteroatoms. The minimum absolute atomic E-state index is 0.00822. The van der Waals surface area contributed by atoms with Crippen molar-refractivity contribution in [3.05, 3.63) is 23.8 Å². The van der Waals surface area contributed by atoms with Crippen LogP contribution >= 0.6 is 0 Å². The van der Waals surface area contributed by atoms with Gasteiger partial charge in [-0.1, -0.05) is 12.1 Å². The first-order chi connectivity index (χ1) is 7.18. The summed E-state index contributed by atoms with van der Waals surface area (Å²) in [6, 6.07) is 6.13. The standard InChI is InChI=1S/C12H17NO2/c1-12(8-14-2)7-9-5-4-6-10(15-3)11(9)13-12/h4-6,13H,7-8H2,1-3H3. The number of fused-ring (bicyclic) bond motifs is 1. The molecule has 82 valence electrons. The van der Waals surface area contributed by atoms with Crippen LogP contribution in [-0.4, -0.2) is 26.4 Å². The highest BCUT2D eigenvalue weighted by Crippen LogP contribution is 2.38. The van der Waals surface area contributed by atoms with Crippen molar-refractivity contribution >= 4 is 5.69 Å². The molecular formula is C12H17NO2. The van der Waals surface area contributed by atoms with Gasteiger partial charge in [0.25, 0.3) is 0 Å². The van der Waals surface area contributed by atoms with Gasteiger partial charge in [-0.05, 0) is 25.0 Å². The van der Waals surface area contributed by atoms with Gasteiger partial charge in [-0.2, -0.15) is 0 Å². The summed E-state index contributed by atoms with van der Waals surface area (Å²) in [4.78, 5) is 0. The molecule has 0 saturated heterocycles. The number of benzene rings is 1. The number of ether oxygens (including phenoxy) is 2. The highest BCUT2D eigenvalue weighted by molar-refractivity contribution is 5.67. The van der Waals surface area contributed by atoms with Gasteiger partial charge in [0.1, 0.15) is 5.75 Å². The average molecular weight is 207 g/mol. The van der Waals surface area contributed by atoms with Crippen LogP contribution in [0.4, 0.5) is 5.69 Å². The van der Waals surface area contributed by atoms with E-state index in [1.54, 1.807) is 14.2 Å². The van der Waals surface area contributed by atoms with Gasteiger partial charge in [0.2, 0.25) is 0 Å². The van der Waals surface area contributed by atoms with Crippen LogP contribution in [0.2, 0.25) is 0 Å². The molecule has 1 aromatic rings. The van der Waals surface area contributed by atoms with E-state index < -0.39 is 0 Å². The molecule has 1 aromatic carbocycles. The predicted molar refractivity (Wildman–Crippen MR) is 60.6 cm³/mol. The third-order valence-corrected chi connectivity index (χ3v) is 2.80. The summed E-state index contributed by atoms with van der Waals surface area (Å²) < 4.78 is 10.6. The molecule has 1 unspecified atom stereocenters. The molecule has 1 N–H and O–H groups in total. The minimum atomic E-state index is -0.00822. The lowest BCUT2D eigenvalue weighted by Gasteiger charge is -2.24. The van der Waals surface area contributed by atoms with Gasteiger partial charge in [0, 0.05) is 7.11 Å². The fourth-order valence-corrected chi connectivity index (χ4v) is 2.21. The quantitative estimate of drug-likeness (QED) is 0.823. The topological polar surface area (TPSA) is 30.5 Å². The van der Waals surface area contributed by atoms with Gasteiger partial charge < -0.3 is 14.8 Å². The summed E-state index contributed by atoms with van der Waals surface area (Å²) in [6.45, 7) is 2.86. The first kappa shape index (κ1) is 10.3. The van der Waals surface area contributed by atoms with E-state index in [2.05, 4.69) is 18.3 Å². The van der Waals surface area contributed by atoms with Crippen molar-refractivity contribution in [1.29, 1.82) is 0 Å². The van der Waals surface area contributed by atoms with Crippen molar-refractivity contribution in [2.45, 2.75) is 18.9 Å². The Morgan fingerprint density at radius 3 is 2.87 bits per heavy atom. The number of hydrogen-bond donors (Lipinski definition) is 1. The first-order valence-corrected chi connectivity index (χ1v) is 5.11. The number of para-hydroxylation sites is 1. The molecule has 0 saturated carbocycles. The maximum atomic E-state index is 5.33. The molecule has 1 atom stereocenters. The molecule has 0 amide bonds. The van der Waals surface area contributed by atoms with Crippen LogP contribution in [0.25, 0.3) is 0 Å². The normalized spacial score (nSPS) is 23.4. The van der Waals surface area contributed by atoms with E-state index >= 15 is 0 Å². The number of anilines is 1. The molecule has 0 spiro atoms. The molecule has 1 heterocycles. The molecule has 0 fully saturated rings. The molecule has 3 nitrogen and oxygen atoms in total. The lowest BCUT2D eigenvalue weighted by Crippen LogP contribution is -2.37. The van der Waals surface area contributed by atoms with Crippen molar-refractivity contribution in [3.8, 4) is 5.75 Å². The zero-order valence-corrected chi connectivity index (χ0v) is 9.46. The fourth-order valence-electron chi connectivity index (χ4n) is 2.21. The lowest BCUT2D eigenvalue weighted by atomic mass is 9.99. The molecule has 0 radical (unpaired) electrons. The van der Waals surface area contributed by atoms with Gasteiger partial charge in [0.15, 0.2) is 0 Å². The van der Waals surface area contributed by atoms with Crippen LogP contribution in [0.3, 0.4) is 0 Å². The van der Waals surface area contributed by atoms with E-state index in [1.807, 2.05) is 12.1 Å². The van der Waals surface area contributed by atoms with Gasteiger partial charge in [-0.15, -0.1) is 0 Å². The largest absolute Gasteiger partial charge is 0.495 e. The third-order valence-electron chi connectivity index (χ3n) is 2.80. The molecule has 2 rings (SSSR count). The summed E-state index contributed by atoms with van der Waals surface area (Å²) in [5.41, 5.74) is 2.40. The number of nitrogens with one attached hydrogen (secondary N) is 1. The lowest BCUT2D eigenvalue weighted by molar-refractivity contribution is 0.153. The smallest absolute Gasteiger partial charge is 0.142 e.